The molecule has 1 aliphatic carbocycles. The van der Waals surface area contributed by atoms with E-state index >= 15 is 0 Å². The Labute approximate surface area is 165 Å². The largest absolute Gasteiger partial charge is 0.497 e. The highest BCUT2D eigenvalue weighted by Crippen LogP contribution is 2.40. The minimum atomic E-state index is -0.790. The molecule has 0 N–H and O–H groups in total. The van der Waals surface area contributed by atoms with Crippen LogP contribution < -0.4 is 4.74 Å². The number of aromatic nitrogens is 1. The maximum atomic E-state index is 13.0. The van der Waals surface area contributed by atoms with Crippen LogP contribution >= 0.6 is 0 Å². The van der Waals surface area contributed by atoms with Crippen LogP contribution in [0.5, 0.6) is 5.75 Å². The number of carbonyl (C=O) groups is 3. The second-order valence-corrected chi connectivity index (χ2v) is 7.08. The summed E-state index contributed by atoms with van der Waals surface area (Å²) >= 11 is 0. The van der Waals surface area contributed by atoms with Gasteiger partial charge in [-0.2, -0.15) is 0 Å². The van der Waals surface area contributed by atoms with Gasteiger partial charge in [-0.1, -0.05) is 17.2 Å². The topological polar surface area (TPSA) is 85.8 Å². The van der Waals surface area contributed by atoms with Gasteiger partial charge in [0.15, 0.2) is 0 Å². The van der Waals surface area contributed by atoms with Crippen LogP contribution in [0.4, 0.5) is 0 Å². The number of hydrogen-bond donors (Lipinski definition) is 0. The van der Waals surface area contributed by atoms with Crippen molar-refractivity contribution in [3.05, 3.63) is 70.9 Å². The molecule has 0 atom stereocenters. The zero-order valence-electron chi connectivity index (χ0n) is 15.5. The normalized spacial score (nSPS) is 15.6. The van der Waals surface area contributed by atoms with Gasteiger partial charge in [0.05, 0.1) is 29.3 Å². The molecule has 144 valence electrons. The molecule has 1 aliphatic heterocycles. The summed E-state index contributed by atoms with van der Waals surface area (Å²) in [5.74, 6) is -1.22. The highest BCUT2D eigenvalue weighted by atomic mass is 16.7. The molecular formula is C22H16N2O5. The fourth-order valence-corrected chi connectivity index (χ4v) is 3.49. The van der Waals surface area contributed by atoms with Crippen LogP contribution in [0, 0.1) is 0 Å². The number of imide groups is 1. The van der Waals surface area contributed by atoms with Gasteiger partial charge in [-0.3, -0.25) is 14.6 Å². The summed E-state index contributed by atoms with van der Waals surface area (Å²) in [6.07, 6.45) is 2.03. The van der Waals surface area contributed by atoms with Crippen LogP contribution in [0.25, 0.3) is 10.9 Å². The van der Waals surface area contributed by atoms with Crippen LogP contribution in [0.3, 0.4) is 0 Å². The van der Waals surface area contributed by atoms with E-state index in [-0.39, 0.29) is 16.7 Å². The van der Waals surface area contributed by atoms with E-state index in [0.717, 1.165) is 18.5 Å². The van der Waals surface area contributed by atoms with Crippen molar-refractivity contribution in [3.63, 3.8) is 0 Å². The summed E-state index contributed by atoms with van der Waals surface area (Å²) < 4.78 is 5.26. The maximum Gasteiger partial charge on any atom is 0.364 e. The number of hydroxylamine groups is 2. The Morgan fingerprint density at radius 1 is 1.03 bits per heavy atom. The van der Waals surface area contributed by atoms with Gasteiger partial charge in [0.2, 0.25) is 0 Å². The van der Waals surface area contributed by atoms with Crippen molar-refractivity contribution in [1.29, 1.82) is 0 Å². The first-order chi connectivity index (χ1) is 14.1. The number of pyridine rings is 1. The zero-order chi connectivity index (χ0) is 20.1. The van der Waals surface area contributed by atoms with E-state index in [2.05, 4.69) is 4.98 Å². The molecule has 3 aromatic rings. The van der Waals surface area contributed by atoms with Gasteiger partial charge in [-0.25, -0.2) is 4.79 Å². The molecule has 0 bridgehead atoms. The summed E-state index contributed by atoms with van der Waals surface area (Å²) in [5.41, 5.74) is 2.10. The van der Waals surface area contributed by atoms with Gasteiger partial charge in [0, 0.05) is 17.0 Å². The second-order valence-electron chi connectivity index (χ2n) is 7.08. The lowest BCUT2D eigenvalue weighted by Crippen LogP contribution is -2.32. The molecule has 29 heavy (non-hydrogen) atoms. The summed E-state index contributed by atoms with van der Waals surface area (Å²) in [6.45, 7) is 0. The van der Waals surface area contributed by atoms with E-state index in [9.17, 15) is 14.4 Å². The molecule has 0 saturated heterocycles. The first-order valence-corrected chi connectivity index (χ1v) is 9.25. The molecule has 0 unspecified atom stereocenters. The standard InChI is InChI=1S/C22H16N2O5/c1-28-13-8-9-18-16(10-13)17(11-19(23-18)12-6-7-12)22(27)29-24-20(25)14-4-2-3-5-15(14)21(24)26/h2-5,8-12H,6-7H2,1H3. The van der Waals surface area contributed by atoms with E-state index in [1.165, 1.54) is 19.2 Å². The van der Waals surface area contributed by atoms with Gasteiger partial charge in [-0.15, -0.1) is 0 Å². The number of benzene rings is 2. The first-order valence-electron chi connectivity index (χ1n) is 9.25. The summed E-state index contributed by atoms with van der Waals surface area (Å²) in [7, 11) is 1.53. The average molecular weight is 388 g/mol. The number of hydrogen-bond acceptors (Lipinski definition) is 6. The maximum absolute atomic E-state index is 13.0. The number of methoxy groups -OCH3 is 1. The monoisotopic (exact) mass is 388 g/mol. The molecule has 0 spiro atoms. The second kappa shape index (κ2) is 6.41. The minimum Gasteiger partial charge on any atom is -0.497 e. The highest BCUT2D eigenvalue weighted by Gasteiger charge is 2.39. The molecule has 1 saturated carbocycles. The SMILES string of the molecule is COc1ccc2nc(C3CC3)cc(C(=O)ON3C(=O)c4ccccc4C3=O)c2c1. The van der Waals surface area contributed by atoms with E-state index in [1.807, 2.05) is 0 Å². The lowest BCUT2D eigenvalue weighted by Gasteiger charge is -2.15. The molecule has 2 amide bonds. The Hall–Kier alpha value is -3.74. The van der Waals surface area contributed by atoms with Gasteiger partial charge in [-0.05, 0) is 49.2 Å². The van der Waals surface area contributed by atoms with Crippen molar-refractivity contribution in [1.82, 2.24) is 10.0 Å². The van der Waals surface area contributed by atoms with Crippen molar-refractivity contribution in [2.75, 3.05) is 7.11 Å². The molecule has 5 rings (SSSR count). The van der Waals surface area contributed by atoms with Crippen LogP contribution in [-0.2, 0) is 4.84 Å². The highest BCUT2D eigenvalue weighted by molar-refractivity contribution is 6.21. The zero-order valence-corrected chi connectivity index (χ0v) is 15.5. The van der Waals surface area contributed by atoms with Crippen molar-refractivity contribution >= 4 is 28.7 Å². The number of nitrogens with zero attached hydrogens (tertiary/aromatic N) is 2. The number of ether oxygens (including phenoxy) is 1. The third-order valence-corrected chi connectivity index (χ3v) is 5.18. The Morgan fingerprint density at radius 3 is 2.34 bits per heavy atom. The summed E-state index contributed by atoms with van der Waals surface area (Å²) in [5, 5.41) is 1.06. The molecule has 1 aromatic heterocycles. The fraction of sp³-hybridized carbons (Fsp3) is 0.182. The fourth-order valence-electron chi connectivity index (χ4n) is 3.49. The minimum absolute atomic E-state index is 0.213. The molecule has 1 fully saturated rings. The van der Waals surface area contributed by atoms with Crippen LogP contribution in [0.1, 0.15) is 55.5 Å². The average Bonchev–Trinajstić information content (AvgIpc) is 3.57. The van der Waals surface area contributed by atoms with E-state index in [0.29, 0.717) is 27.6 Å². The smallest absolute Gasteiger partial charge is 0.364 e. The Morgan fingerprint density at radius 2 is 1.72 bits per heavy atom. The number of rotatable bonds is 4. The van der Waals surface area contributed by atoms with E-state index in [1.54, 1.807) is 36.4 Å². The number of fused-ring (bicyclic) bond motifs is 2. The lowest BCUT2D eigenvalue weighted by atomic mass is 10.1. The van der Waals surface area contributed by atoms with Crippen molar-refractivity contribution in [2.24, 2.45) is 0 Å². The van der Waals surface area contributed by atoms with Crippen LogP contribution in [0.15, 0.2) is 48.5 Å². The van der Waals surface area contributed by atoms with Gasteiger partial charge in [0.25, 0.3) is 11.8 Å². The Bertz CT molecular complexity index is 1160. The van der Waals surface area contributed by atoms with Crippen LogP contribution in [0.2, 0.25) is 0 Å². The van der Waals surface area contributed by atoms with Crippen molar-refractivity contribution < 1.29 is 24.0 Å². The quantitative estimate of drug-likeness (QED) is 0.636. The van der Waals surface area contributed by atoms with E-state index in [4.69, 9.17) is 9.57 Å². The van der Waals surface area contributed by atoms with Crippen LogP contribution in [-0.4, -0.2) is 34.9 Å². The molecular weight excluding hydrogens is 372 g/mol. The first kappa shape index (κ1) is 17.4. The summed E-state index contributed by atoms with van der Waals surface area (Å²) in [4.78, 5) is 48.0. The number of amides is 2. The molecule has 7 heteroatoms. The lowest BCUT2D eigenvalue weighted by molar-refractivity contribution is -0.0583. The number of carbonyl (C=O) groups excluding carboxylic acids is 3. The van der Waals surface area contributed by atoms with Gasteiger partial charge in [0.1, 0.15) is 5.75 Å². The van der Waals surface area contributed by atoms with E-state index < -0.39 is 17.8 Å². The van der Waals surface area contributed by atoms with Crippen molar-refractivity contribution in [2.45, 2.75) is 18.8 Å². The summed E-state index contributed by atoms with van der Waals surface area (Å²) in [6, 6.07) is 13.3. The molecule has 2 aromatic carbocycles. The molecule has 2 aliphatic rings. The predicted octanol–water partition coefficient (Wildman–Crippen LogP) is 3.49. The third kappa shape index (κ3) is 2.82. The predicted molar refractivity (Wildman–Crippen MR) is 103 cm³/mol. The van der Waals surface area contributed by atoms with Gasteiger partial charge < -0.3 is 9.57 Å². The Balaban J connectivity index is 1.54. The molecule has 2 heterocycles. The Kier molecular flexibility index (Phi) is 3.84. The molecule has 0 radical (unpaired) electrons. The van der Waals surface area contributed by atoms with Gasteiger partial charge >= 0.3 is 5.97 Å². The van der Waals surface area contributed by atoms with Crippen molar-refractivity contribution in [3.8, 4) is 5.75 Å². The molecule has 7 nitrogen and oxygen atoms in total. The third-order valence-electron chi connectivity index (χ3n) is 5.18.